The summed E-state index contributed by atoms with van der Waals surface area (Å²) >= 11 is 0. The van der Waals surface area contributed by atoms with Gasteiger partial charge in [0.2, 0.25) is 0 Å². The standard InChI is InChI=1S/BO3.Rh/c2-1(3)4;/q-3;+3. The van der Waals surface area contributed by atoms with Gasteiger partial charge >= 0.3 is 19.5 Å². The first-order valence-electron chi connectivity index (χ1n) is 0.707. The Morgan fingerprint density at radius 3 is 1.00 bits per heavy atom. The molecule has 0 N–H and O–H groups in total. The maximum absolute atomic E-state index is 8.42. The minimum Gasteiger partial charge on any atom is -0.907 e. The quantitative estimate of drug-likeness (QED) is 0.341. The molecule has 0 unspecified atom stereocenters. The monoisotopic (exact) mass is 162 g/mol. The van der Waals surface area contributed by atoms with Gasteiger partial charge in [-0.25, -0.2) is 0 Å². The van der Waals surface area contributed by atoms with Crippen molar-refractivity contribution in [1.82, 2.24) is 0 Å². The predicted octanol–water partition coefficient (Wildman–Crippen LogP) is -3.95. The fourth-order valence-electron chi connectivity index (χ4n) is 0. The third kappa shape index (κ3) is 93.3. The molecule has 0 aromatic heterocycles. The third-order valence-corrected chi connectivity index (χ3v) is 0. The van der Waals surface area contributed by atoms with Crippen molar-refractivity contribution in [1.29, 1.82) is 0 Å². The van der Waals surface area contributed by atoms with Crippen molar-refractivity contribution in [3.05, 3.63) is 0 Å². The van der Waals surface area contributed by atoms with Crippen molar-refractivity contribution in [2.24, 2.45) is 0 Å². The molecule has 0 saturated heterocycles. The van der Waals surface area contributed by atoms with Crippen molar-refractivity contribution < 1.29 is 34.6 Å². The molecule has 5 heteroatoms. The van der Waals surface area contributed by atoms with Gasteiger partial charge in [-0.1, -0.05) is 0 Å². The van der Waals surface area contributed by atoms with Crippen LogP contribution in [-0.4, -0.2) is 7.32 Å². The largest absolute Gasteiger partial charge is 3.00 e. The van der Waals surface area contributed by atoms with Crippen LogP contribution in [0.2, 0.25) is 0 Å². The van der Waals surface area contributed by atoms with Gasteiger partial charge in [-0.05, 0) is 0 Å². The van der Waals surface area contributed by atoms with Gasteiger partial charge < -0.3 is 15.1 Å². The first-order chi connectivity index (χ1) is 1.73. The molecule has 0 spiro atoms. The van der Waals surface area contributed by atoms with E-state index < -0.39 is 7.32 Å². The molecule has 0 aromatic carbocycles. The van der Waals surface area contributed by atoms with Crippen LogP contribution in [0.4, 0.5) is 0 Å². The van der Waals surface area contributed by atoms with Crippen LogP contribution in [0.15, 0.2) is 0 Å². The topological polar surface area (TPSA) is 69.2 Å². The summed E-state index contributed by atoms with van der Waals surface area (Å²) in [5, 5.41) is 25.2. The molecule has 0 heterocycles. The van der Waals surface area contributed by atoms with Crippen molar-refractivity contribution in [2.75, 3.05) is 0 Å². The van der Waals surface area contributed by atoms with Gasteiger partial charge in [-0.2, -0.15) is 0 Å². The summed E-state index contributed by atoms with van der Waals surface area (Å²) in [6.07, 6.45) is 0. The van der Waals surface area contributed by atoms with Crippen LogP contribution in [0.3, 0.4) is 0 Å². The molecule has 5 heavy (non-hydrogen) atoms. The fourth-order valence-corrected chi connectivity index (χ4v) is 0. The first kappa shape index (κ1) is 9.13. The number of hydrogen-bond donors (Lipinski definition) is 0. The zero-order chi connectivity index (χ0) is 3.58. The summed E-state index contributed by atoms with van der Waals surface area (Å²) in [6, 6.07) is 0. The zero-order valence-electron chi connectivity index (χ0n) is 2.14. The Hall–Kier alpha value is 0.568. The second kappa shape index (κ2) is 4.57. The van der Waals surface area contributed by atoms with E-state index in [0.29, 0.717) is 0 Å². The van der Waals surface area contributed by atoms with Crippen molar-refractivity contribution in [2.45, 2.75) is 0 Å². The van der Waals surface area contributed by atoms with E-state index in [4.69, 9.17) is 15.1 Å². The van der Waals surface area contributed by atoms with E-state index in [1.54, 1.807) is 0 Å². The average molecular weight is 162 g/mol. The van der Waals surface area contributed by atoms with E-state index in [1.807, 2.05) is 0 Å². The molecular weight excluding hydrogens is 162 g/mol. The summed E-state index contributed by atoms with van der Waals surface area (Å²) in [5.74, 6) is 0. The molecule has 0 aliphatic rings. The Balaban J connectivity index is 0. The molecule has 0 aliphatic carbocycles. The minimum absolute atomic E-state index is 0. The predicted molar refractivity (Wildman–Crippen MR) is 5.75 cm³/mol. The van der Waals surface area contributed by atoms with E-state index in [2.05, 4.69) is 0 Å². The zero-order valence-corrected chi connectivity index (χ0v) is 3.77. The molecule has 0 amide bonds. The second-order valence-electron chi connectivity index (χ2n) is 0.289. The molecule has 0 bridgehead atoms. The average Bonchev–Trinajstić information content (AvgIpc) is 0.811. The van der Waals surface area contributed by atoms with Crippen LogP contribution in [0.5, 0.6) is 0 Å². The SMILES string of the molecule is [O-]B([O-])[O-].[Rh+3]. The molecule has 0 saturated carbocycles. The van der Waals surface area contributed by atoms with Crippen molar-refractivity contribution in [3.63, 3.8) is 0 Å². The van der Waals surface area contributed by atoms with E-state index >= 15 is 0 Å². The summed E-state index contributed by atoms with van der Waals surface area (Å²) < 4.78 is 0. The van der Waals surface area contributed by atoms with E-state index in [-0.39, 0.29) is 19.5 Å². The Kier molecular flexibility index (Phi) is 8.34. The van der Waals surface area contributed by atoms with Crippen LogP contribution in [0.25, 0.3) is 0 Å². The van der Waals surface area contributed by atoms with E-state index in [0.717, 1.165) is 0 Å². The molecular formula is BO3Rh. The van der Waals surface area contributed by atoms with Gasteiger partial charge in [0.05, 0.1) is 0 Å². The number of hydrogen-bond acceptors (Lipinski definition) is 3. The second-order valence-corrected chi connectivity index (χ2v) is 0.289. The molecule has 3 nitrogen and oxygen atoms in total. The fraction of sp³-hybridized carbons (Fsp3) is 0. The molecule has 30 valence electrons. The maximum Gasteiger partial charge on any atom is 3.00 e. The van der Waals surface area contributed by atoms with Crippen LogP contribution in [0.1, 0.15) is 0 Å². The van der Waals surface area contributed by atoms with E-state index in [9.17, 15) is 0 Å². The number of rotatable bonds is 0. The molecule has 0 atom stereocenters. The summed E-state index contributed by atoms with van der Waals surface area (Å²) in [5.41, 5.74) is 0. The van der Waals surface area contributed by atoms with E-state index in [1.165, 1.54) is 0 Å². The van der Waals surface area contributed by atoms with Gasteiger partial charge in [-0.3, -0.25) is 7.32 Å². The third-order valence-electron chi connectivity index (χ3n) is 0. The van der Waals surface area contributed by atoms with Crippen LogP contribution >= 0.6 is 0 Å². The Morgan fingerprint density at radius 1 is 1.00 bits per heavy atom. The Morgan fingerprint density at radius 2 is 1.00 bits per heavy atom. The normalized spacial score (nSPS) is 5.40. The van der Waals surface area contributed by atoms with Crippen LogP contribution < -0.4 is 15.1 Å². The van der Waals surface area contributed by atoms with Crippen molar-refractivity contribution >= 4 is 7.32 Å². The summed E-state index contributed by atoms with van der Waals surface area (Å²) in [4.78, 5) is 0. The maximum atomic E-state index is 8.42. The van der Waals surface area contributed by atoms with Gasteiger partial charge in [0.25, 0.3) is 0 Å². The molecule has 0 radical (unpaired) electrons. The molecule has 0 aromatic rings. The van der Waals surface area contributed by atoms with Gasteiger partial charge in [0.1, 0.15) is 0 Å². The molecule has 0 fully saturated rings. The van der Waals surface area contributed by atoms with Gasteiger partial charge in [0.15, 0.2) is 0 Å². The molecule has 0 rings (SSSR count). The Bertz CT molecular complexity index is 11.6. The summed E-state index contributed by atoms with van der Waals surface area (Å²) in [6.45, 7) is 0. The van der Waals surface area contributed by atoms with Crippen LogP contribution in [0, 0.1) is 0 Å². The van der Waals surface area contributed by atoms with Crippen molar-refractivity contribution in [3.8, 4) is 0 Å². The van der Waals surface area contributed by atoms with Crippen LogP contribution in [-0.2, 0) is 19.5 Å². The minimum atomic E-state index is -2.92. The summed E-state index contributed by atoms with van der Waals surface area (Å²) in [7, 11) is -2.92. The van der Waals surface area contributed by atoms with Gasteiger partial charge in [0, 0.05) is 0 Å². The first-order valence-corrected chi connectivity index (χ1v) is 0.707. The smallest absolute Gasteiger partial charge is 0.907 e. The van der Waals surface area contributed by atoms with Gasteiger partial charge in [-0.15, -0.1) is 0 Å². The Labute approximate surface area is 42.6 Å². The molecule has 0 aliphatic heterocycles.